The summed E-state index contributed by atoms with van der Waals surface area (Å²) in [7, 11) is 4.44. The molecule has 4 rings (SSSR count). The number of nitrogens with zero attached hydrogens (tertiary/aromatic N) is 2. The van der Waals surface area contributed by atoms with Crippen LogP contribution in [0, 0.1) is 23.7 Å². The quantitative estimate of drug-likeness (QED) is 0.437. The Morgan fingerprint density at radius 2 is 1.77 bits per heavy atom. The second-order valence-electron chi connectivity index (χ2n) is 10.9. The number of likely N-dealkylation sites (N-methyl/N-ethyl adjacent to an activating group) is 1. The Bertz CT molecular complexity index is 1290. The van der Waals surface area contributed by atoms with E-state index < -0.39 is 99.4 Å². The number of fused-ring (bicyclic) bond motifs is 3. The predicted molar refractivity (Wildman–Crippen MR) is 128 cm³/mol. The van der Waals surface area contributed by atoms with Gasteiger partial charge in [-0.05, 0) is 63.6 Å². The molecule has 2 fully saturated rings. The maximum atomic E-state index is 14.4. The molecule has 2 unspecified atom stereocenters. The third-order valence-corrected chi connectivity index (χ3v) is 8.41. The highest BCUT2D eigenvalue weighted by molar-refractivity contribution is 6.32. The lowest BCUT2D eigenvalue weighted by Crippen LogP contribution is -2.74. The number of carbonyl (C=O) groups excluding carboxylic acids is 5. The zero-order chi connectivity index (χ0) is 29.4. The number of aliphatic hydroxyl groups is 1. The van der Waals surface area contributed by atoms with Crippen LogP contribution in [0.3, 0.4) is 0 Å². The minimum atomic E-state index is -4.90. The van der Waals surface area contributed by atoms with E-state index in [1.165, 1.54) is 19.0 Å². The standard InChI is InChI=1S/C26H30F3N3O7/c1-5-32(4)9-11-8-14(33)16-12(18(11)26(27,28)29)6-10-7-13-19(31(2)3)21(35)17(24(30)38)23(37)25(13,39)22(36)15(10)20(16)34/h8,10,13,15,17,19,33,39H,5-7,9H2,1-4H3,(H2,30,38)/t10-,13-,15?,17?,19-,25-/m0/s1. The maximum absolute atomic E-state index is 14.4. The van der Waals surface area contributed by atoms with Crippen molar-refractivity contribution in [3.05, 3.63) is 28.3 Å². The molecule has 10 nitrogen and oxygen atoms in total. The Morgan fingerprint density at radius 1 is 1.15 bits per heavy atom. The molecule has 0 heterocycles. The lowest BCUT2D eigenvalue weighted by atomic mass is 9.52. The molecule has 13 heteroatoms. The van der Waals surface area contributed by atoms with Crippen molar-refractivity contribution in [2.45, 2.75) is 44.1 Å². The van der Waals surface area contributed by atoms with Gasteiger partial charge >= 0.3 is 6.18 Å². The van der Waals surface area contributed by atoms with Crippen molar-refractivity contribution < 1.29 is 47.4 Å². The van der Waals surface area contributed by atoms with E-state index in [0.717, 1.165) is 6.07 Å². The van der Waals surface area contributed by atoms with E-state index in [2.05, 4.69) is 0 Å². The monoisotopic (exact) mass is 553 g/mol. The van der Waals surface area contributed by atoms with Crippen LogP contribution in [-0.2, 0) is 38.3 Å². The molecule has 1 amide bonds. The molecule has 0 saturated heterocycles. The Morgan fingerprint density at radius 3 is 2.28 bits per heavy atom. The first-order valence-electron chi connectivity index (χ1n) is 12.5. The van der Waals surface area contributed by atoms with E-state index in [1.807, 2.05) is 0 Å². The fraction of sp³-hybridized carbons (Fsp3) is 0.577. The topological polar surface area (TPSA) is 158 Å². The molecule has 0 aliphatic heterocycles. The second kappa shape index (κ2) is 9.49. The molecule has 0 aromatic heterocycles. The third-order valence-electron chi connectivity index (χ3n) is 8.41. The number of ketones is 4. The number of nitrogens with two attached hydrogens (primary N) is 1. The van der Waals surface area contributed by atoms with E-state index in [9.17, 15) is 47.4 Å². The van der Waals surface area contributed by atoms with Gasteiger partial charge in [-0.15, -0.1) is 0 Å². The fourth-order valence-electron chi connectivity index (χ4n) is 6.62. The van der Waals surface area contributed by atoms with Crippen LogP contribution in [0.5, 0.6) is 5.75 Å². The predicted octanol–water partition coefficient (Wildman–Crippen LogP) is 0.338. The van der Waals surface area contributed by atoms with Gasteiger partial charge < -0.3 is 20.8 Å². The molecule has 0 bridgehead atoms. The number of hydrogen-bond acceptors (Lipinski definition) is 9. The highest BCUT2D eigenvalue weighted by Crippen LogP contribution is 2.52. The molecule has 3 aliphatic rings. The van der Waals surface area contributed by atoms with Crippen molar-refractivity contribution >= 4 is 29.0 Å². The van der Waals surface area contributed by atoms with Gasteiger partial charge in [-0.3, -0.25) is 28.9 Å². The van der Waals surface area contributed by atoms with E-state index in [1.54, 1.807) is 18.9 Å². The third kappa shape index (κ3) is 4.18. The van der Waals surface area contributed by atoms with Crippen LogP contribution in [0.1, 0.15) is 40.4 Å². The molecule has 6 atom stereocenters. The van der Waals surface area contributed by atoms with Gasteiger partial charge in [0.2, 0.25) is 5.91 Å². The molecule has 1 aromatic carbocycles. The second-order valence-corrected chi connectivity index (χ2v) is 10.9. The number of amides is 1. The van der Waals surface area contributed by atoms with Gasteiger partial charge in [0.05, 0.1) is 23.1 Å². The van der Waals surface area contributed by atoms with Gasteiger partial charge in [0.25, 0.3) is 0 Å². The molecule has 1 aromatic rings. The minimum absolute atomic E-state index is 0.171. The minimum Gasteiger partial charge on any atom is -0.507 e. The normalized spacial score (nSPS) is 30.9. The number of carbonyl (C=O) groups is 5. The van der Waals surface area contributed by atoms with Crippen LogP contribution in [-0.4, -0.2) is 88.4 Å². The Balaban J connectivity index is 1.91. The molecule has 0 radical (unpaired) electrons. The Labute approximate surface area is 221 Å². The molecule has 3 aliphatic carbocycles. The van der Waals surface area contributed by atoms with Crippen molar-refractivity contribution in [2.24, 2.45) is 29.4 Å². The van der Waals surface area contributed by atoms with Crippen LogP contribution >= 0.6 is 0 Å². The van der Waals surface area contributed by atoms with Crippen LogP contribution in [0.4, 0.5) is 13.2 Å². The lowest BCUT2D eigenvalue weighted by Gasteiger charge is -2.52. The molecule has 4 N–H and O–H groups in total. The number of Topliss-reactive ketones (excluding diaryl/α,β-unsaturated/α-hetero) is 4. The highest BCUT2D eigenvalue weighted by atomic mass is 19.4. The Kier molecular flexibility index (Phi) is 7.02. The van der Waals surface area contributed by atoms with E-state index in [0.29, 0.717) is 6.54 Å². The van der Waals surface area contributed by atoms with Crippen LogP contribution in [0.15, 0.2) is 6.07 Å². The zero-order valence-corrected chi connectivity index (χ0v) is 21.8. The van der Waals surface area contributed by atoms with Crippen molar-refractivity contribution in [1.29, 1.82) is 0 Å². The summed E-state index contributed by atoms with van der Waals surface area (Å²) in [6, 6.07) is -0.487. The van der Waals surface area contributed by atoms with Crippen molar-refractivity contribution in [3.63, 3.8) is 0 Å². The average molecular weight is 554 g/mol. The number of benzene rings is 1. The highest BCUT2D eigenvalue weighted by Gasteiger charge is 2.69. The molecule has 39 heavy (non-hydrogen) atoms. The summed E-state index contributed by atoms with van der Waals surface area (Å²) in [6.45, 7) is 1.98. The van der Waals surface area contributed by atoms with Gasteiger partial charge in [-0.2, -0.15) is 13.2 Å². The number of aromatic hydroxyl groups is 1. The van der Waals surface area contributed by atoms with E-state index in [-0.39, 0.29) is 18.5 Å². The van der Waals surface area contributed by atoms with Crippen LogP contribution in [0.25, 0.3) is 0 Å². The number of hydrogen-bond donors (Lipinski definition) is 3. The van der Waals surface area contributed by atoms with Gasteiger partial charge in [-0.1, -0.05) is 6.92 Å². The molecule has 0 spiro atoms. The first-order chi connectivity index (χ1) is 18.0. The molecular weight excluding hydrogens is 523 g/mol. The largest absolute Gasteiger partial charge is 0.507 e. The summed E-state index contributed by atoms with van der Waals surface area (Å²) in [5.74, 6) is -13.4. The number of phenolic OH excluding ortho intramolecular Hbond substituents is 1. The van der Waals surface area contributed by atoms with E-state index in [4.69, 9.17) is 5.73 Å². The van der Waals surface area contributed by atoms with Gasteiger partial charge in [-0.25, -0.2) is 0 Å². The lowest BCUT2D eigenvalue weighted by molar-refractivity contribution is -0.181. The van der Waals surface area contributed by atoms with Crippen LogP contribution < -0.4 is 5.73 Å². The number of halogens is 3. The zero-order valence-electron chi connectivity index (χ0n) is 21.8. The van der Waals surface area contributed by atoms with Crippen LogP contribution in [0.2, 0.25) is 0 Å². The van der Waals surface area contributed by atoms with Gasteiger partial charge in [0.15, 0.2) is 34.7 Å². The smallest absolute Gasteiger partial charge is 0.417 e. The summed E-state index contributed by atoms with van der Waals surface area (Å²) in [6.07, 6.45) is -5.69. The Hall–Kier alpha value is -3.16. The van der Waals surface area contributed by atoms with Crippen molar-refractivity contribution in [1.82, 2.24) is 9.80 Å². The summed E-state index contributed by atoms with van der Waals surface area (Å²) in [5.41, 5.74) is -0.147. The number of primary amides is 1. The van der Waals surface area contributed by atoms with Crippen molar-refractivity contribution in [3.8, 4) is 5.75 Å². The molecular formula is C26H30F3N3O7. The summed E-state index contributed by atoms with van der Waals surface area (Å²) < 4.78 is 43.2. The van der Waals surface area contributed by atoms with Crippen molar-refractivity contribution in [2.75, 3.05) is 27.7 Å². The number of rotatable bonds is 5. The molecule has 2 saturated carbocycles. The summed E-state index contributed by atoms with van der Waals surface area (Å²) in [4.78, 5) is 68.6. The maximum Gasteiger partial charge on any atom is 0.417 e. The molecule has 212 valence electrons. The van der Waals surface area contributed by atoms with Gasteiger partial charge in [0, 0.05) is 12.5 Å². The number of alkyl halides is 3. The first kappa shape index (κ1) is 28.8. The fourth-order valence-corrected chi connectivity index (χ4v) is 6.62. The number of phenols is 1. The van der Waals surface area contributed by atoms with E-state index >= 15 is 0 Å². The first-order valence-corrected chi connectivity index (χ1v) is 12.5. The summed E-state index contributed by atoms with van der Waals surface area (Å²) >= 11 is 0. The summed E-state index contributed by atoms with van der Waals surface area (Å²) in [5, 5.41) is 22.2. The SMILES string of the molecule is CCN(C)Cc1cc(O)c2c(c1C(F)(F)F)C[C@H]1C[C@H]3[C@H](N(C)C)C(=O)C(C(N)=O)C(=O)[C@@]3(O)C(=O)C1C2=O. The van der Waals surface area contributed by atoms with Gasteiger partial charge in [0.1, 0.15) is 5.75 Å². The average Bonchev–Trinajstić information content (AvgIpc) is 2.79.